The smallest absolute Gasteiger partial charge is 0.317 e. The minimum Gasteiger partial charge on any atom is -0.480 e. The number of carboxylic acid groups (broad SMARTS) is 1. The fraction of sp³-hybridized carbons (Fsp3) is 0.923. The minimum absolute atomic E-state index is 0.193. The number of carbonyl (C=O) groups is 1. The molecule has 3 nitrogen and oxygen atoms in total. The topological polar surface area (TPSA) is 40.5 Å². The van der Waals surface area contributed by atoms with Crippen LogP contribution in [0.2, 0.25) is 0 Å². The Morgan fingerprint density at radius 2 is 2.12 bits per heavy atom. The highest BCUT2D eigenvalue weighted by Crippen LogP contribution is 2.39. The van der Waals surface area contributed by atoms with Gasteiger partial charge in [-0.1, -0.05) is 27.7 Å². The van der Waals surface area contributed by atoms with Crippen molar-refractivity contribution >= 4 is 5.97 Å². The third-order valence-electron chi connectivity index (χ3n) is 3.40. The molecule has 0 amide bonds. The number of hydrogen-bond acceptors (Lipinski definition) is 2. The summed E-state index contributed by atoms with van der Waals surface area (Å²) in [4.78, 5) is 13.0. The van der Waals surface area contributed by atoms with Crippen molar-refractivity contribution in [3.05, 3.63) is 0 Å². The fourth-order valence-electron chi connectivity index (χ4n) is 2.70. The summed E-state index contributed by atoms with van der Waals surface area (Å²) >= 11 is 0. The van der Waals surface area contributed by atoms with Gasteiger partial charge < -0.3 is 5.11 Å². The summed E-state index contributed by atoms with van der Waals surface area (Å²) in [6, 6.07) is 0.466. The van der Waals surface area contributed by atoms with Crippen LogP contribution >= 0.6 is 0 Å². The Kier molecular flexibility index (Phi) is 4.36. The van der Waals surface area contributed by atoms with Gasteiger partial charge in [0.15, 0.2) is 0 Å². The van der Waals surface area contributed by atoms with E-state index in [1.165, 1.54) is 6.42 Å². The maximum Gasteiger partial charge on any atom is 0.317 e. The Morgan fingerprint density at radius 1 is 1.50 bits per heavy atom. The number of rotatable bonds is 5. The molecular weight excluding hydrogens is 202 g/mol. The van der Waals surface area contributed by atoms with Crippen molar-refractivity contribution in [2.24, 2.45) is 11.3 Å². The van der Waals surface area contributed by atoms with E-state index in [9.17, 15) is 4.79 Å². The molecular formula is C13H25NO2. The zero-order valence-electron chi connectivity index (χ0n) is 11.0. The van der Waals surface area contributed by atoms with Gasteiger partial charge in [-0.25, -0.2) is 0 Å². The molecule has 1 saturated carbocycles. The lowest BCUT2D eigenvalue weighted by atomic mass is 9.91. The molecule has 0 bridgehead atoms. The predicted molar refractivity (Wildman–Crippen MR) is 65.5 cm³/mol. The van der Waals surface area contributed by atoms with Gasteiger partial charge in [0, 0.05) is 12.6 Å². The molecule has 0 heterocycles. The SMILES string of the molecule is CC(C)CN(CC(=O)O)C1CCC(C)(C)C1. The van der Waals surface area contributed by atoms with Crippen LogP contribution in [0.5, 0.6) is 0 Å². The van der Waals surface area contributed by atoms with Crippen molar-refractivity contribution in [2.75, 3.05) is 13.1 Å². The number of carboxylic acids is 1. The lowest BCUT2D eigenvalue weighted by molar-refractivity contribution is -0.139. The molecule has 1 N–H and O–H groups in total. The molecule has 94 valence electrons. The lowest BCUT2D eigenvalue weighted by Gasteiger charge is -2.30. The Labute approximate surface area is 98.8 Å². The Morgan fingerprint density at radius 3 is 2.50 bits per heavy atom. The van der Waals surface area contributed by atoms with E-state index in [0.29, 0.717) is 17.4 Å². The second-order valence-electron chi connectivity index (χ2n) is 6.28. The Bertz CT molecular complexity index is 248. The molecule has 1 rings (SSSR count). The molecule has 16 heavy (non-hydrogen) atoms. The van der Waals surface area contributed by atoms with Crippen LogP contribution in [0.4, 0.5) is 0 Å². The summed E-state index contributed by atoms with van der Waals surface area (Å²) in [6.07, 6.45) is 3.49. The van der Waals surface area contributed by atoms with Crippen LogP contribution in [0.15, 0.2) is 0 Å². The van der Waals surface area contributed by atoms with Gasteiger partial charge in [-0.3, -0.25) is 9.69 Å². The highest BCUT2D eigenvalue weighted by molar-refractivity contribution is 5.69. The summed E-state index contributed by atoms with van der Waals surface area (Å²) in [5.41, 5.74) is 0.387. The maximum atomic E-state index is 10.9. The molecule has 1 aliphatic carbocycles. The van der Waals surface area contributed by atoms with Gasteiger partial charge in [0.1, 0.15) is 0 Å². The minimum atomic E-state index is -0.703. The van der Waals surface area contributed by atoms with Gasteiger partial charge in [-0.05, 0) is 30.6 Å². The average Bonchev–Trinajstić information content (AvgIpc) is 2.43. The maximum absolute atomic E-state index is 10.9. The molecule has 0 spiro atoms. The van der Waals surface area contributed by atoms with Gasteiger partial charge in [0.25, 0.3) is 0 Å². The molecule has 0 radical (unpaired) electrons. The monoisotopic (exact) mass is 227 g/mol. The van der Waals surface area contributed by atoms with Gasteiger partial charge in [-0.15, -0.1) is 0 Å². The summed E-state index contributed by atoms with van der Waals surface area (Å²) in [5, 5.41) is 8.95. The fourth-order valence-corrected chi connectivity index (χ4v) is 2.70. The predicted octanol–water partition coefficient (Wildman–Crippen LogP) is 2.61. The molecule has 1 atom stereocenters. The lowest BCUT2D eigenvalue weighted by Crippen LogP contribution is -2.40. The quantitative estimate of drug-likeness (QED) is 0.785. The first-order valence-electron chi connectivity index (χ1n) is 6.26. The normalized spacial score (nSPS) is 24.2. The molecule has 1 unspecified atom stereocenters. The van der Waals surface area contributed by atoms with Gasteiger partial charge in [-0.2, -0.15) is 0 Å². The van der Waals surface area contributed by atoms with E-state index in [-0.39, 0.29) is 6.54 Å². The van der Waals surface area contributed by atoms with Crippen LogP contribution in [0.1, 0.15) is 47.0 Å². The van der Waals surface area contributed by atoms with Crippen LogP contribution < -0.4 is 0 Å². The third kappa shape index (κ3) is 4.12. The largest absolute Gasteiger partial charge is 0.480 e. The summed E-state index contributed by atoms with van der Waals surface area (Å²) in [7, 11) is 0. The highest BCUT2D eigenvalue weighted by Gasteiger charge is 2.34. The molecule has 1 aliphatic rings. The third-order valence-corrected chi connectivity index (χ3v) is 3.40. The van der Waals surface area contributed by atoms with Crippen molar-refractivity contribution in [1.29, 1.82) is 0 Å². The Balaban J connectivity index is 2.59. The number of aliphatic carboxylic acids is 1. The number of hydrogen-bond donors (Lipinski definition) is 1. The molecule has 0 aliphatic heterocycles. The van der Waals surface area contributed by atoms with Crippen molar-refractivity contribution in [2.45, 2.75) is 53.0 Å². The van der Waals surface area contributed by atoms with E-state index in [1.54, 1.807) is 0 Å². The van der Waals surface area contributed by atoms with Crippen molar-refractivity contribution in [3.8, 4) is 0 Å². The van der Waals surface area contributed by atoms with Gasteiger partial charge in [0.05, 0.1) is 6.54 Å². The highest BCUT2D eigenvalue weighted by atomic mass is 16.4. The summed E-state index contributed by atoms with van der Waals surface area (Å²) in [5.74, 6) is -0.173. The van der Waals surface area contributed by atoms with Crippen LogP contribution in [-0.2, 0) is 4.79 Å². The molecule has 1 fully saturated rings. The van der Waals surface area contributed by atoms with E-state index >= 15 is 0 Å². The first-order valence-corrected chi connectivity index (χ1v) is 6.26. The van der Waals surface area contributed by atoms with E-state index < -0.39 is 5.97 Å². The molecule has 3 heteroatoms. The molecule has 0 aromatic heterocycles. The van der Waals surface area contributed by atoms with E-state index in [2.05, 4.69) is 32.6 Å². The van der Waals surface area contributed by atoms with Crippen LogP contribution in [0.25, 0.3) is 0 Å². The zero-order valence-corrected chi connectivity index (χ0v) is 11.0. The summed E-state index contributed by atoms with van der Waals surface area (Å²) in [6.45, 7) is 9.94. The van der Waals surface area contributed by atoms with E-state index in [0.717, 1.165) is 19.4 Å². The van der Waals surface area contributed by atoms with Crippen molar-refractivity contribution < 1.29 is 9.90 Å². The second kappa shape index (κ2) is 5.17. The first-order chi connectivity index (χ1) is 7.30. The number of nitrogens with zero attached hydrogens (tertiary/aromatic N) is 1. The molecule has 0 aromatic carbocycles. The van der Waals surface area contributed by atoms with Crippen molar-refractivity contribution in [1.82, 2.24) is 4.90 Å². The summed E-state index contributed by atoms with van der Waals surface area (Å²) < 4.78 is 0. The average molecular weight is 227 g/mol. The zero-order chi connectivity index (χ0) is 12.3. The molecule has 0 saturated heterocycles. The first kappa shape index (κ1) is 13.5. The second-order valence-corrected chi connectivity index (χ2v) is 6.28. The van der Waals surface area contributed by atoms with Gasteiger partial charge in [0.2, 0.25) is 0 Å². The van der Waals surface area contributed by atoms with Gasteiger partial charge >= 0.3 is 5.97 Å². The van der Waals surface area contributed by atoms with E-state index in [4.69, 9.17) is 5.11 Å². The van der Waals surface area contributed by atoms with Crippen molar-refractivity contribution in [3.63, 3.8) is 0 Å². The van der Waals surface area contributed by atoms with Crippen LogP contribution in [-0.4, -0.2) is 35.1 Å². The standard InChI is InChI=1S/C13H25NO2/c1-10(2)8-14(9-12(15)16)11-5-6-13(3,4)7-11/h10-11H,5-9H2,1-4H3,(H,15,16). The molecule has 0 aromatic rings. The van der Waals surface area contributed by atoms with Crippen LogP contribution in [0.3, 0.4) is 0 Å². The van der Waals surface area contributed by atoms with Crippen LogP contribution in [0, 0.1) is 11.3 Å². The Hall–Kier alpha value is -0.570. The van der Waals surface area contributed by atoms with E-state index in [1.807, 2.05) is 0 Å².